The van der Waals surface area contributed by atoms with Gasteiger partial charge < -0.3 is 5.32 Å². The first kappa shape index (κ1) is 13.1. The molecule has 0 radical (unpaired) electrons. The fraction of sp³-hybridized carbons (Fsp3) is 0.412. The van der Waals surface area contributed by atoms with Crippen LogP contribution >= 0.6 is 0 Å². The van der Waals surface area contributed by atoms with Crippen LogP contribution in [0.1, 0.15) is 38.3 Å². The number of fused-ring (bicyclic) bond motifs is 1. The standard InChI is InChI=1S/C17H23N/c1-4-7-13(2)17(18-3)16-11-10-14-8-5-6-9-15(14)12-16/h5-6,8-13,17-18H,4,7H2,1-3H3. The predicted molar refractivity (Wildman–Crippen MR) is 79.8 cm³/mol. The van der Waals surface area contributed by atoms with Crippen LogP contribution in [0.3, 0.4) is 0 Å². The van der Waals surface area contributed by atoms with Crippen molar-refractivity contribution in [1.82, 2.24) is 5.32 Å². The Morgan fingerprint density at radius 3 is 2.44 bits per heavy atom. The summed E-state index contributed by atoms with van der Waals surface area (Å²) in [6.07, 6.45) is 2.51. The van der Waals surface area contributed by atoms with Gasteiger partial charge in [-0.3, -0.25) is 0 Å². The summed E-state index contributed by atoms with van der Waals surface area (Å²) in [5, 5.41) is 6.12. The molecule has 2 aromatic carbocycles. The van der Waals surface area contributed by atoms with E-state index in [2.05, 4.69) is 68.7 Å². The van der Waals surface area contributed by atoms with Gasteiger partial charge in [0.1, 0.15) is 0 Å². The Hall–Kier alpha value is -1.34. The average molecular weight is 241 g/mol. The van der Waals surface area contributed by atoms with Crippen molar-refractivity contribution in [1.29, 1.82) is 0 Å². The molecule has 0 aliphatic carbocycles. The van der Waals surface area contributed by atoms with Gasteiger partial charge in [-0.25, -0.2) is 0 Å². The smallest absolute Gasteiger partial charge is 0.0343 e. The van der Waals surface area contributed by atoms with Gasteiger partial charge in [-0.2, -0.15) is 0 Å². The highest BCUT2D eigenvalue weighted by Crippen LogP contribution is 2.27. The van der Waals surface area contributed by atoms with Crippen molar-refractivity contribution < 1.29 is 0 Å². The number of hydrogen-bond donors (Lipinski definition) is 1. The zero-order chi connectivity index (χ0) is 13.0. The molecule has 0 aromatic heterocycles. The lowest BCUT2D eigenvalue weighted by Gasteiger charge is -2.24. The first-order valence-electron chi connectivity index (χ1n) is 6.92. The average Bonchev–Trinajstić information content (AvgIpc) is 2.40. The first-order valence-corrected chi connectivity index (χ1v) is 6.92. The van der Waals surface area contributed by atoms with Gasteiger partial charge in [0.05, 0.1) is 0 Å². The van der Waals surface area contributed by atoms with E-state index in [0.29, 0.717) is 12.0 Å². The minimum absolute atomic E-state index is 0.453. The SMILES string of the molecule is CCCC(C)C(NC)c1ccc2ccccc2c1. The van der Waals surface area contributed by atoms with E-state index in [4.69, 9.17) is 0 Å². The van der Waals surface area contributed by atoms with Crippen molar-refractivity contribution in [2.45, 2.75) is 32.7 Å². The fourth-order valence-electron chi connectivity index (χ4n) is 2.80. The second kappa shape index (κ2) is 6.01. The third-order valence-electron chi connectivity index (χ3n) is 3.76. The maximum Gasteiger partial charge on any atom is 0.0343 e. The second-order valence-corrected chi connectivity index (χ2v) is 5.14. The van der Waals surface area contributed by atoms with Gasteiger partial charge in [-0.15, -0.1) is 0 Å². The van der Waals surface area contributed by atoms with Crippen LogP contribution in [0.25, 0.3) is 10.8 Å². The molecule has 0 heterocycles. The van der Waals surface area contributed by atoms with Crippen LogP contribution in [0.15, 0.2) is 42.5 Å². The zero-order valence-electron chi connectivity index (χ0n) is 11.6. The summed E-state index contributed by atoms with van der Waals surface area (Å²) in [5.74, 6) is 0.668. The van der Waals surface area contributed by atoms with Crippen LogP contribution in [0.2, 0.25) is 0 Å². The molecule has 2 aromatic rings. The Morgan fingerprint density at radius 2 is 1.78 bits per heavy atom. The number of hydrogen-bond acceptors (Lipinski definition) is 1. The molecule has 0 bridgehead atoms. The molecule has 0 aliphatic rings. The van der Waals surface area contributed by atoms with Gasteiger partial charge in [-0.1, -0.05) is 56.7 Å². The van der Waals surface area contributed by atoms with E-state index in [9.17, 15) is 0 Å². The summed E-state index contributed by atoms with van der Waals surface area (Å²) in [4.78, 5) is 0. The quantitative estimate of drug-likeness (QED) is 0.810. The summed E-state index contributed by atoms with van der Waals surface area (Å²) < 4.78 is 0. The van der Waals surface area contributed by atoms with Crippen LogP contribution in [0.5, 0.6) is 0 Å². The van der Waals surface area contributed by atoms with E-state index in [1.807, 2.05) is 0 Å². The Kier molecular flexibility index (Phi) is 4.38. The lowest BCUT2D eigenvalue weighted by Crippen LogP contribution is -2.23. The molecule has 2 unspecified atom stereocenters. The third kappa shape index (κ3) is 2.73. The van der Waals surface area contributed by atoms with E-state index in [-0.39, 0.29) is 0 Å². The first-order chi connectivity index (χ1) is 8.76. The Labute approximate surface area is 110 Å². The van der Waals surface area contributed by atoms with Gasteiger partial charge in [0.2, 0.25) is 0 Å². The van der Waals surface area contributed by atoms with Gasteiger partial charge in [-0.05, 0) is 41.8 Å². The second-order valence-electron chi connectivity index (χ2n) is 5.14. The van der Waals surface area contributed by atoms with Crippen molar-refractivity contribution in [3.63, 3.8) is 0 Å². The fourth-order valence-corrected chi connectivity index (χ4v) is 2.80. The molecule has 1 N–H and O–H groups in total. The van der Waals surface area contributed by atoms with E-state index in [1.54, 1.807) is 0 Å². The highest BCUT2D eigenvalue weighted by molar-refractivity contribution is 5.83. The van der Waals surface area contributed by atoms with E-state index >= 15 is 0 Å². The lowest BCUT2D eigenvalue weighted by atomic mass is 9.90. The summed E-state index contributed by atoms with van der Waals surface area (Å²) in [5.41, 5.74) is 1.40. The summed E-state index contributed by atoms with van der Waals surface area (Å²) >= 11 is 0. The van der Waals surface area contributed by atoms with E-state index in [0.717, 1.165) is 0 Å². The predicted octanol–water partition coefficient (Wildman–Crippen LogP) is 4.54. The van der Waals surface area contributed by atoms with E-state index in [1.165, 1.54) is 29.2 Å². The third-order valence-corrected chi connectivity index (χ3v) is 3.76. The van der Waals surface area contributed by atoms with Gasteiger partial charge >= 0.3 is 0 Å². The molecule has 0 aliphatic heterocycles. The minimum atomic E-state index is 0.453. The molecule has 1 nitrogen and oxygen atoms in total. The number of nitrogens with one attached hydrogen (secondary N) is 1. The molecule has 18 heavy (non-hydrogen) atoms. The Bertz CT molecular complexity index is 504. The topological polar surface area (TPSA) is 12.0 Å². The summed E-state index contributed by atoms with van der Waals surface area (Å²) in [6.45, 7) is 4.59. The number of benzene rings is 2. The molecule has 1 heteroatoms. The molecule has 0 saturated carbocycles. The summed E-state index contributed by atoms with van der Waals surface area (Å²) in [6, 6.07) is 15.8. The maximum atomic E-state index is 3.47. The number of rotatable bonds is 5. The van der Waals surface area contributed by atoms with Crippen LogP contribution in [-0.2, 0) is 0 Å². The van der Waals surface area contributed by atoms with Crippen molar-refractivity contribution in [2.75, 3.05) is 7.05 Å². The van der Waals surface area contributed by atoms with E-state index < -0.39 is 0 Å². The normalized spacial score (nSPS) is 14.6. The lowest BCUT2D eigenvalue weighted by molar-refractivity contribution is 0.384. The van der Waals surface area contributed by atoms with Crippen molar-refractivity contribution in [3.05, 3.63) is 48.0 Å². The minimum Gasteiger partial charge on any atom is -0.313 e. The van der Waals surface area contributed by atoms with Crippen LogP contribution in [-0.4, -0.2) is 7.05 Å². The molecular formula is C17H23N. The Balaban J connectivity index is 2.33. The van der Waals surface area contributed by atoms with Crippen LogP contribution in [0.4, 0.5) is 0 Å². The van der Waals surface area contributed by atoms with Crippen LogP contribution in [0, 0.1) is 5.92 Å². The maximum absolute atomic E-state index is 3.47. The molecule has 96 valence electrons. The highest BCUT2D eigenvalue weighted by atomic mass is 14.9. The molecule has 0 spiro atoms. The van der Waals surface area contributed by atoms with Gasteiger partial charge in [0.25, 0.3) is 0 Å². The van der Waals surface area contributed by atoms with Crippen molar-refractivity contribution in [3.8, 4) is 0 Å². The monoisotopic (exact) mass is 241 g/mol. The van der Waals surface area contributed by atoms with Gasteiger partial charge in [0.15, 0.2) is 0 Å². The Morgan fingerprint density at radius 1 is 1.06 bits per heavy atom. The molecule has 2 atom stereocenters. The highest BCUT2D eigenvalue weighted by Gasteiger charge is 2.16. The van der Waals surface area contributed by atoms with Gasteiger partial charge in [0, 0.05) is 6.04 Å². The van der Waals surface area contributed by atoms with Crippen molar-refractivity contribution in [2.24, 2.45) is 5.92 Å². The summed E-state index contributed by atoms with van der Waals surface area (Å²) in [7, 11) is 2.06. The largest absolute Gasteiger partial charge is 0.313 e. The zero-order valence-corrected chi connectivity index (χ0v) is 11.6. The molecular weight excluding hydrogens is 218 g/mol. The molecule has 0 saturated heterocycles. The van der Waals surface area contributed by atoms with Crippen LogP contribution < -0.4 is 5.32 Å². The molecule has 0 amide bonds. The van der Waals surface area contributed by atoms with Crippen molar-refractivity contribution >= 4 is 10.8 Å². The molecule has 2 rings (SSSR count). The molecule has 0 fully saturated rings.